The maximum Gasteiger partial charge on any atom is 0.265 e. The van der Waals surface area contributed by atoms with Crippen LogP contribution in [0.1, 0.15) is 29.9 Å². The van der Waals surface area contributed by atoms with E-state index in [1.165, 1.54) is 11.3 Å². The van der Waals surface area contributed by atoms with Crippen LogP contribution in [0.25, 0.3) is 10.6 Å². The number of rotatable bonds is 4. The first kappa shape index (κ1) is 13.7. The lowest BCUT2D eigenvalue weighted by Crippen LogP contribution is -2.34. The molecule has 0 aliphatic rings. The first-order valence-corrected chi connectivity index (χ1v) is 7.06. The third kappa shape index (κ3) is 2.84. The minimum Gasteiger partial charge on any atom is -0.338 e. The van der Waals surface area contributed by atoms with Crippen LogP contribution in [0.2, 0.25) is 0 Å². The van der Waals surface area contributed by atoms with Crippen LogP contribution in [-0.4, -0.2) is 38.7 Å². The molecule has 102 valence electrons. The highest BCUT2D eigenvalue weighted by molar-refractivity contribution is 7.16. The molecule has 2 aromatic rings. The van der Waals surface area contributed by atoms with E-state index in [9.17, 15) is 4.79 Å². The van der Waals surface area contributed by atoms with Crippen molar-refractivity contribution in [3.63, 3.8) is 0 Å². The molecule has 2 rings (SSSR count). The van der Waals surface area contributed by atoms with Crippen LogP contribution in [0.15, 0.2) is 18.6 Å². The fourth-order valence-corrected chi connectivity index (χ4v) is 2.56. The summed E-state index contributed by atoms with van der Waals surface area (Å²) < 4.78 is 1.73. The highest BCUT2D eigenvalue weighted by atomic mass is 32.1. The summed E-state index contributed by atoms with van der Waals surface area (Å²) in [5.74, 6) is 0.0296. The molecule has 19 heavy (non-hydrogen) atoms. The zero-order valence-corrected chi connectivity index (χ0v) is 12.4. The van der Waals surface area contributed by atoms with E-state index >= 15 is 0 Å². The zero-order valence-electron chi connectivity index (χ0n) is 11.6. The number of aromatic nitrogens is 3. The number of hydrogen-bond donors (Lipinski definition) is 0. The molecule has 1 amide bonds. The lowest BCUT2D eigenvalue weighted by Gasteiger charge is -2.22. The smallest absolute Gasteiger partial charge is 0.265 e. The Balaban J connectivity index is 2.19. The van der Waals surface area contributed by atoms with Crippen LogP contribution in [0.4, 0.5) is 0 Å². The van der Waals surface area contributed by atoms with Crippen molar-refractivity contribution in [3.8, 4) is 10.6 Å². The first-order chi connectivity index (χ1) is 9.02. The standard InChI is InChI=1S/C13H18N4OS/c1-5-9(2)17(4)13(18)11-7-14-12(19-11)10-6-15-16(3)8-10/h6-9H,5H2,1-4H3. The molecular formula is C13H18N4OS. The highest BCUT2D eigenvalue weighted by Gasteiger charge is 2.19. The van der Waals surface area contributed by atoms with Crippen LogP contribution in [-0.2, 0) is 7.05 Å². The molecular weight excluding hydrogens is 260 g/mol. The number of carbonyl (C=O) groups is 1. The van der Waals surface area contributed by atoms with Crippen LogP contribution >= 0.6 is 11.3 Å². The Morgan fingerprint density at radius 3 is 2.84 bits per heavy atom. The fourth-order valence-electron chi connectivity index (χ4n) is 1.69. The topological polar surface area (TPSA) is 51.0 Å². The largest absolute Gasteiger partial charge is 0.338 e. The molecule has 1 atom stereocenters. The number of aryl methyl sites for hydroxylation is 1. The van der Waals surface area contributed by atoms with Crippen LogP contribution in [0.5, 0.6) is 0 Å². The molecule has 2 heterocycles. The summed E-state index contributed by atoms with van der Waals surface area (Å²) >= 11 is 1.41. The average Bonchev–Trinajstić information content (AvgIpc) is 3.04. The van der Waals surface area contributed by atoms with Crippen molar-refractivity contribution in [2.24, 2.45) is 7.05 Å². The normalized spacial score (nSPS) is 12.4. The molecule has 0 aromatic carbocycles. The Kier molecular flexibility index (Phi) is 3.99. The van der Waals surface area contributed by atoms with Gasteiger partial charge in [0, 0.05) is 31.9 Å². The third-order valence-corrected chi connectivity index (χ3v) is 4.28. The monoisotopic (exact) mass is 278 g/mol. The van der Waals surface area contributed by atoms with Crippen LogP contribution in [0, 0.1) is 0 Å². The lowest BCUT2D eigenvalue weighted by molar-refractivity contribution is 0.0745. The molecule has 0 saturated heterocycles. The molecule has 0 saturated carbocycles. The second-order valence-corrected chi connectivity index (χ2v) is 5.64. The van der Waals surface area contributed by atoms with E-state index in [-0.39, 0.29) is 11.9 Å². The molecule has 1 unspecified atom stereocenters. The van der Waals surface area contributed by atoms with Gasteiger partial charge < -0.3 is 4.90 Å². The predicted octanol–water partition coefficient (Wildman–Crippen LogP) is 2.41. The summed E-state index contributed by atoms with van der Waals surface area (Å²) in [5, 5.41) is 4.94. The lowest BCUT2D eigenvalue weighted by atomic mass is 10.2. The summed E-state index contributed by atoms with van der Waals surface area (Å²) in [6.07, 6.45) is 6.24. The van der Waals surface area contributed by atoms with Crippen molar-refractivity contribution in [1.82, 2.24) is 19.7 Å². The van der Waals surface area contributed by atoms with Crippen molar-refractivity contribution in [2.75, 3.05) is 7.05 Å². The summed E-state index contributed by atoms with van der Waals surface area (Å²) in [6, 6.07) is 0.233. The van der Waals surface area contributed by atoms with Gasteiger partial charge in [0.15, 0.2) is 0 Å². The second kappa shape index (κ2) is 5.52. The van der Waals surface area contributed by atoms with Gasteiger partial charge in [0.05, 0.1) is 12.4 Å². The van der Waals surface area contributed by atoms with E-state index in [4.69, 9.17) is 0 Å². The van der Waals surface area contributed by atoms with E-state index < -0.39 is 0 Å². The van der Waals surface area contributed by atoms with E-state index in [1.54, 1.807) is 22.0 Å². The van der Waals surface area contributed by atoms with Crippen LogP contribution in [0.3, 0.4) is 0 Å². The van der Waals surface area contributed by atoms with Gasteiger partial charge in [-0.3, -0.25) is 9.48 Å². The molecule has 5 nitrogen and oxygen atoms in total. The Labute approximate surface area is 116 Å². The van der Waals surface area contributed by atoms with Gasteiger partial charge in [-0.05, 0) is 13.3 Å². The summed E-state index contributed by atoms with van der Waals surface area (Å²) in [6.45, 7) is 4.11. The van der Waals surface area contributed by atoms with Gasteiger partial charge in [-0.25, -0.2) is 4.98 Å². The highest BCUT2D eigenvalue weighted by Crippen LogP contribution is 2.25. The van der Waals surface area contributed by atoms with Crippen LogP contribution < -0.4 is 0 Å². The van der Waals surface area contributed by atoms with E-state index in [2.05, 4.69) is 17.0 Å². The number of carbonyl (C=O) groups excluding carboxylic acids is 1. The third-order valence-electron chi connectivity index (χ3n) is 3.24. The second-order valence-electron chi connectivity index (χ2n) is 4.61. The molecule has 0 aliphatic heterocycles. The van der Waals surface area contributed by atoms with E-state index in [0.717, 1.165) is 17.0 Å². The molecule has 0 bridgehead atoms. The van der Waals surface area contributed by atoms with Gasteiger partial charge >= 0.3 is 0 Å². The Bertz CT molecular complexity index is 575. The Hall–Kier alpha value is -1.69. The van der Waals surface area contributed by atoms with Gasteiger partial charge in [0.2, 0.25) is 0 Å². The van der Waals surface area contributed by atoms with Crippen molar-refractivity contribution in [1.29, 1.82) is 0 Å². The molecule has 2 aromatic heterocycles. The maximum atomic E-state index is 12.3. The number of nitrogens with zero attached hydrogens (tertiary/aromatic N) is 4. The van der Waals surface area contributed by atoms with Crippen molar-refractivity contribution in [2.45, 2.75) is 26.3 Å². The zero-order chi connectivity index (χ0) is 14.0. The quantitative estimate of drug-likeness (QED) is 0.863. The van der Waals surface area contributed by atoms with Crippen molar-refractivity contribution in [3.05, 3.63) is 23.5 Å². The summed E-state index contributed by atoms with van der Waals surface area (Å²) in [5.41, 5.74) is 0.942. The molecule has 0 aliphatic carbocycles. The van der Waals surface area contributed by atoms with Gasteiger partial charge in [0.25, 0.3) is 5.91 Å². The van der Waals surface area contributed by atoms with Gasteiger partial charge in [-0.2, -0.15) is 5.10 Å². The molecule has 0 radical (unpaired) electrons. The van der Waals surface area contributed by atoms with Gasteiger partial charge in [0.1, 0.15) is 9.88 Å². The number of hydrogen-bond acceptors (Lipinski definition) is 4. The van der Waals surface area contributed by atoms with E-state index in [0.29, 0.717) is 4.88 Å². The molecule has 0 spiro atoms. The first-order valence-electron chi connectivity index (χ1n) is 6.25. The van der Waals surface area contributed by atoms with Gasteiger partial charge in [-0.1, -0.05) is 6.92 Å². The molecule has 6 heteroatoms. The molecule has 0 N–H and O–H groups in total. The Morgan fingerprint density at radius 2 is 2.26 bits per heavy atom. The fraction of sp³-hybridized carbons (Fsp3) is 0.462. The minimum atomic E-state index is 0.0296. The molecule has 0 fully saturated rings. The summed E-state index contributed by atoms with van der Waals surface area (Å²) in [7, 11) is 3.69. The predicted molar refractivity (Wildman–Crippen MR) is 76.2 cm³/mol. The van der Waals surface area contributed by atoms with E-state index in [1.807, 2.05) is 27.2 Å². The average molecular weight is 278 g/mol. The van der Waals surface area contributed by atoms with Crippen molar-refractivity contribution >= 4 is 17.2 Å². The SMILES string of the molecule is CCC(C)N(C)C(=O)c1cnc(-c2cnn(C)c2)s1. The minimum absolute atomic E-state index is 0.0296. The van der Waals surface area contributed by atoms with Crippen molar-refractivity contribution < 1.29 is 4.79 Å². The number of amides is 1. The van der Waals surface area contributed by atoms with Gasteiger partial charge in [-0.15, -0.1) is 11.3 Å². The summed E-state index contributed by atoms with van der Waals surface area (Å²) in [4.78, 5) is 19.0. The number of thiazole rings is 1. The Morgan fingerprint density at radius 1 is 1.53 bits per heavy atom. The maximum absolute atomic E-state index is 12.3.